The summed E-state index contributed by atoms with van der Waals surface area (Å²) in [5, 5.41) is 3.49. The molecule has 1 N–H and O–H groups in total. The minimum absolute atomic E-state index is 0.198. The zero-order valence-corrected chi connectivity index (χ0v) is 15.5. The topological polar surface area (TPSA) is 65.5 Å². The Bertz CT molecular complexity index is 773. The lowest BCUT2D eigenvalue weighted by Gasteiger charge is -2.35. The smallest absolute Gasteiger partial charge is 0.233 e. The van der Waals surface area contributed by atoms with E-state index in [0.29, 0.717) is 41.9 Å². The van der Waals surface area contributed by atoms with E-state index in [9.17, 15) is 9.59 Å². The van der Waals surface area contributed by atoms with E-state index in [1.54, 1.807) is 29.3 Å². The predicted molar refractivity (Wildman–Crippen MR) is 103 cm³/mol. The van der Waals surface area contributed by atoms with Gasteiger partial charge in [0.15, 0.2) is 0 Å². The highest BCUT2D eigenvalue weighted by atomic mass is 35.5. The minimum atomic E-state index is -0.388. The zero-order chi connectivity index (χ0) is 18.5. The molecule has 136 valence electrons. The van der Waals surface area contributed by atoms with E-state index in [1.165, 1.54) is 0 Å². The van der Waals surface area contributed by atoms with Gasteiger partial charge in [0.05, 0.1) is 0 Å². The van der Waals surface area contributed by atoms with Gasteiger partial charge in [-0.25, -0.2) is 4.98 Å². The molecule has 3 rings (SSSR count). The number of nitrogens with zero attached hydrogens (tertiary/aromatic N) is 3. The van der Waals surface area contributed by atoms with Gasteiger partial charge in [-0.15, -0.1) is 0 Å². The molecular weight excluding hydrogens is 375 g/mol. The lowest BCUT2D eigenvalue weighted by Crippen LogP contribution is -2.49. The number of carbonyl (C=O) groups is 2. The number of carbonyl (C=O) groups excluding carboxylic acids is 2. The maximum absolute atomic E-state index is 12.4. The summed E-state index contributed by atoms with van der Waals surface area (Å²) in [5.74, 6) is 0.312. The molecule has 1 aromatic heterocycles. The molecule has 6 nitrogen and oxygen atoms in total. The van der Waals surface area contributed by atoms with Gasteiger partial charge in [-0.3, -0.25) is 9.59 Å². The number of aromatic nitrogens is 1. The molecule has 1 saturated heterocycles. The Morgan fingerprint density at radius 2 is 1.73 bits per heavy atom. The van der Waals surface area contributed by atoms with Crippen molar-refractivity contribution in [2.24, 2.45) is 0 Å². The van der Waals surface area contributed by atoms with Gasteiger partial charge < -0.3 is 15.1 Å². The maximum Gasteiger partial charge on any atom is 0.233 e. The van der Waals surface area contributed by atoms with Gasteiger partial charge >= 0.3 is 0 Å². The molecule has 1 aliphatic heterocycles. The molecule has 0 atom stereocenters. The van der Waals surface area contributed by atoms with E-state index < -0.39 is 0 Å². The van der Waals surface area contributed by atoms with Crippen molar-refractivity contribution in [2.75, 3.05) is 36.4 Å². The highest BCUT2D eigenvalue weighted by molar-refractivity contribution is 6.35. The second-order valence-corrected chi connectivity index (χ2v) is 6.81. The van der Waals surface area contributed by atoms with Gasteiger partial charge in [0, 0.05) is 48.1 Å². The van der Waals surface area contributed by atoms with E-state index in [-0.39, 0.29) is 18.2 Å². The summed E-state index contributed by atoms with van der Waals surface area (Å²) in [6, 6.07) is 10.5. The summed E-state index contributed by atoms with van der Waals surface area (Å²) in [6.07, 6.45) is 1.53. The van der Waals surface area contributed by atoms with E-state index in [1.807, 2.05) is 18.2 Å². The fourth-order valence-corrected chi connectivity index (χ4v) is 3.33. The second kappa shape index (κ2) is 8.38. The number of benzene rings is 1. The van der Waals surface area contributed by atoms with Crippen LogP contribution in [-0.4, -0.2) is 47.9 Å². The van der Waals surface area contributed by atoms with Crippen LogP contribution in [0.25, 0.3) is 0 Å². The molecule has 26 heavy (non-hydrogen) atoms. The van der Waals surface area contributed by atoms with Crippen molar-refractivity contribution in [3.05, 3.63) is 52.6 Å². The normalized spacial score (nSPS) is 14.2. The summed E-state index contributed by atoms with van der Waals surface area (Å²) in [6.45, 7) is 2.50. The van der Waals surface area contributed by atoms with E-state index in [4.69, 9.17) is 23.2 Å². The third-order valence-electron chi connectivity index (χ3n) is 4.06. The highest BCUT2D eigenvalue weighted by Crippen LogP contribution is 2.22. The largest absolute Gasteiger partial charge is 0.353 e. The molecule has 8 heteroatoms. The molecule has 0 bridgehead atoms. The van der Waals surface area contributed by atoms with Crippen LogP contribution in [0.2, 0.25) is 10.0 Å². The standard InChI is InChI=1S/C18H18Cl2N4O2/c19-13-9-14(20)11-15(10-13)22-17(25)12-18(26)24-7-5-23(6-8-24)16-3-1-2-4-21-16/h1-4,9-11H,5-8,12H2,(H,22,25). The molecular formula is C18H18Cl2N4O2. The lowest BCUT2D eigenvalue weighted by molar-refractivity contribution is -0.134. The van der Waals surface area contributed by atoms with Crippen molar-refractivity contribution in [3.63, 3.8) is 0 Å². The van der Waals surface area contributed by atoms with Crippen LogP contribution in [-0.2, 0) is 9.59 Å². The Morgan fingerprint density at radius 1 is 1.04 bits per heavy atom. The van der Waals surface area contributed by atoms with Crippen LogP contribution in [0.4, 0.5) is 11.5 Å². The van der Waals surface area contributed by atoms with Crippen molar-refractivity contribution in [3.8, 4) is 0 Å². The average molecular weight is 393 g/mol. The SMILES string of the molecule is O=C(CC(=O)N1CCN(c2ccccn2)CC1)Nc1cc(Cl)cc(Cl)c1. The number of rotatable bonds is 4. The molecule has 0 unspecified atom stereocenters. The molecule has 1 fully saturated rings. The van der Waals surface area contributed by atoms with Gasteiger partial charge in [-0.2, -0.15) is 0 Å². The molecule has 0 aliphatic carbocycles. The minimum Gasteiger partial charge on any atom is -0.353 e. The van der Waals surface area contributed by atoms with Gasteiger partial charge in [-0.1, -0.05) is 29.3 Å². The number of anilines is 2. The van der Waals surface area contributed by atoms with Crippen molar-refractivity contribution < 1.29 is 9.59 Å². The summed E-state index contributed by atoms with van der Waals surface area (Å²) in [7, 11) is 0. The molecule has 1 aromatic carbocycles. The molecule has 0 spiro atoms. The maximum atomic E-state index is 12.4. The Labute approximate surface area is 161 Å². The van der Waals surface area contributed by atoms with E-state index in [2.05, 4.69) is 15.2 Å². The summed E-state index contributed by atoms with van der Waals surface area (Å²) in [5.41, 5.74) is 0.472. The molecule has 0 radical (unpaired) electrons. The number of nitrogens with one attached hydrogen (secondary N) is 1. The molecule has 2 amide bonds. The van der Waals surface area contributed by atoms with Gasteiger partial charge in [0.25, 0.3) is 0 Å². The second-order valence-electron chi connectivity index (χ2n) is 5.94. The summed E-state index contributed by atoms with van der Waals surface area (Å²) >= 11 is 11.8. The third-order valence-corrected chi connectivity index (χ3v) is 4.50. The Hall–Kier alpha value is -2.31. The summed E-state index contributed by atoms with van der Waals surface area (Å²) in [4.78, 5) is 32.6. The monoisotopic (exact) mass is 392 g/mol. The molecule has 2 heterocycles. The van der Waals surface area contributed by atoms with Gasteiger partial charge in [0.2, 0.25) is 11.8 Å². The van der Waals surface area contributed by atoms with E-state index in [0.717, 1.165) is 5.82 Å². The highest BCUT2D eigenvalue weighted by Gasteiger charge is 2.23. The van der Waals surface area contributed by atoms with Crippen LogP contribution < -0.4 is 10.2 Å². The quantitative estimate of drug-likeness (QED) is 0.811. The first-order valence-electron chi connectivity index (χ1n) is 8.21. The van der Waals surface area contributed by atoms with Crippen LogP contribution in [0, 0.1) is 0 Å². The Kier molecular flexibility index (Phi) is 5.96. The number of halogens is 2. The van der Waals surface area contributed by atoms with Crippen molar-refractivity contribution >= 4 is 46.5 Å². The van der Waals surface area contributed by atoms with Crippen LogP contribution in [0.15, 0.2) is 42.6 Å². The Balaban J connectivity index is 1.50. The van der Waals surface area contributed by atoms with Crippen molar-refractivity contribution in [1.29, 1.82) is 0 Å². The average Bonchev–Trinajstić information content (AvgIpc) is 2.61. The fourth-order valence-electron chi connectivity index (χ4n) is 2.81. The number of pyridine rings is 1. The predicted octanol–water partition coefficient (Wildman–Crippen LogP) is 3.07. The zero-order valence-electron chi connectivity index (χ0n) is 14.0. The molecule has 1 aliphatic rings. The van der Waals surface area contributed by atoms with E-state index >= 15 is 0 Å². The molecule has 0 saturated carbocycles. The first-order chi connectivity index (χ1) is 12.5. The van der Waals surface area contributed by atoms with Gasteiger partial charge in [-0.05, 0) is 30.3 Å². The van der Waals surface area contributed by atoms with Crippen LogP contribution in [0.5, 0.6) is 0 Å². The van der Waals surface area contributed by atoms with Crippen LogP contribution >= 0.6 is 23.2 Å². The van der Waals surface area contributed by atoms with Gasteiger partial charge in [0.1, 0.15) is 12.2 Å². The fraction of sp³-hybridized carbons (Fsp3) is 0.278. The molecule has 2 aromatic rings. The van der Waals surface area contributed by atoms with Crippen molar-refractivity contribution in [1.82, 2.24) is 9.88 Å². The lowest BCUT2D eigenvalue weighted by atomic mass is 10.2. The first kappa shape index (κ1) is 18.5. The van der Waals surface area contributed by atoms with Crippen LogP contribution in [0.3, 0.4) is 0 Å². The number of hydrogen-bond acceptors (Lipinski definition) is 4. The number of piperazine rings is 1. The number of hydrogen-bond donors (Lipinski definition) is 1. The third kappa shape index (κ3) is 4.86. The Morgan fingerprint density at radius 3 is 2.35 bits per heavy atom. The first-order valence-corrected chi connectivity index (χ1v) is 8.96. The van der Waals surface area contributed by atoms with Crippen LogP contribution in [0.1, 0.15) is 6.42 Å². The number of amides is 2. The summed E-state index contributed by atoms with van der Waals surface area (Å²) < 4.78 is 0. The van der Waals surface area contributed by atoms with Crippen molar-refractivity contribution in [2.45, 2.75) is 6.42 Å².